The first-order valence-electron chi connectivity index (χ1n) is 7.39. The Labute approximate surface area is 131 Å². The van der Waals surface area contributed by atoms with Gasteiger partial charge in [-0.2, -0.15) is 5.10 Å². The first-order chi connectivity index (χ1) is 10.3. The van der Waals surface area contributed by atoms with Crippen LogP contribution in [0.1, 0.15) is 48.2 Å². The standard InChI is InChI=1S/C17H23N3O2/c1-12(2)13-5-7-14(8-6-13)16(21)18-11-17(3,22)15-9-19-20(4)10-15/h5-10,12,22H,11H2,1-4H3,(H,18,21). The molecular formula is C17H23N3O2. The zero-order chi connectivity index (χ0) is 16.3. The van der Waals surface area contributed by atoms with Crippen LogP contribution in [0.2, 0.25) is 0 Å². The van der Waals surface area contributed by atoms with Crippen molar-refractivity contribution < 1.29 is 9.90 Å². The molecule has 0 fully saturated rings. The molecule has 5 nitrogen and oxygen atoms in total. The topological polar surface area (TPSA) is 67.2 Å². The van der Waals surface area contributed by atoms with E-state index in [9.17, 15) is 9.90 Å². The highest BCUT2D eigenvalue weighted by molar-refractivity contribution is 5.94. The molecular weight excluding hydrogens is 278 g/mol. The lowest BCUT2D eigenvalue weighted by Gasteiger charge is -2.22. The zero-order valence-corrected chi connectivity index (χ0v) is 13.5. The van der Waals surface area contributed by atoms with Crippen LogP contribution in [-0.2, 0) is 12.6 Å². The van der Waals surface area contributed by atoms with Crippen molar-refractivity contribution in [3.05, 3.63) is 53.3 Å². The number of hydrogen-bond donors (Lipinski definition) is 2. The average Bonchev–Trinajstić information content (AvgIpc) is 2.92. The Morgan fingerprint density at radius 2 is 2.00 bits per heavy atom. The Morgan fingerprint density at radius 3 is 2.50 bits per heavy atom. The zero-order valence-electron chi connectivity index (χ0n) is 13.5. The van der Waals surface area contributed by atoms with Gasteiger partial charge in [0.25, 0.3) is 5.91 Å². The lowest BCUT2D eigenvalue weighted by molar-refractivity contribution is 0.0526. The van der Waals surface area contributed by atoms with E-state index in [0.29, 0.717) is 17.0 Å². The van der Waals surface area contributed by atoms with Crippen LogP contribution in [-0.4, -0.2) is 27.3 Å². The lowest BCUT2D eigenvalue weighted by Crippen LogP contribution is -2.38. The van der Waals surface area contributed by atoms with E-state index in [1.165, 1.54) is 5.56 Å². The van der Waals surface area contributed by atoms with Crippen molar-refractivity contribution in [2.75, 3.05) is 6.54 Å². The van der Waals surface area contributed by atoms with E-state index in [1.807, 2.05) is 24.3 Å². The van der Waals surface area contributed by atoms with Crippen LogP contribution in [0.4, 0.5) is 0 Å². The molecule has 0 saturated heterocycles. The van der Waals surface area contributed by atoms with Gasteiger partial charge in [0, 0.05) is 24.4 Å². The van der Waals surface area contributed by atoms with Crippen LogP contribution in [0.5, 0.6) is 0 Å². The minimum Gasteiger partial charge on any atom is -0.383 e. The maximum atomic E-state index is 12.2. The third kappa shape index (κ3) is 3.74. The maximum absolute atomic E-state index is 12.2. The van der Waals surface area contributed by atoms with E-state index >= 15 is 0 Å². The molecule has 0 spiro atoms. The maximum Gasteiger partial charge on any atom is 0.251 e. The van der Waals surface area contributed by atoms with Gasteiger partial charge in [0.15, 0.2) is 0 Å². The molecule has 0 aliphatic rings. The quantitative estimate of drug-likeness (QED) is 0.889. The molecule has 0 bridgehead atoms. The van der Waals surface area contributed by atoms with Gasteiger partial charge in [-0.05, 0) is 30.5 Å². The van der Waals surface area contributed by atoms with Gasteiger partial charge < -0.3 is 10.4 Å². The normalized spacial score (nSPS) is 13.9. The van der Waals surface area contributed by atoms with Crippen LogP contribution in [0, 0.1) is 0 Å². The fourth-order valence-electron chi connectivity index (χ4n) is 2.18. The monoisotopic (exact) mass is 301 g/mol. The summed E-state index contributed by atoms with van der Waals surface area (Å²) in [5, 5.41) is 17.3. The van der Waals surface area contributed by atoms with Crippen LogP contribution in [0.25, 0.3) is 0 Å². The molecule has 118 valence electrons. The van der Waals surface area contributed by atoms with Crippen molar-refractivity contribution in [2.45, 2.75) is 32.3 Å². The summed E-state index contributed by atoms with van der Waals surface area (Å²) in [7, 11) is 1.79. The number of aryl methyl sites for hydroxylation is 1. The van der Waals surface area contributed by atoms with Crippen molar-refractivity contribution in [1.29, 1.82) is 0 Å². The summed E-state index contributed by atoms with van der Waals surface area (Å²) in [6.45, 7) is 6.01. The molecule has 2 rings (SSSR count). The predicted molar refractivity (Wildman–Crippen MR) is 85.6 cm³/mol. The number of carbonyl (C=O) groups excluding carboxylic acids is 1. The van der Waals surface area contributed by atoms with Gasteiger partial charge in [0.1, 0.15) is 5.60 Å². The van der Waals surface area contributed by atoms with Gasteiger partial charge in [-0.15, -0.1) is 0 Å². The van der Waals surface area contributed by atoms with E-state index < -0.39 is 5.60 Å². The highest BCUT2D eigenvalue weighted by atomic mass is 16.3. The van der Waals surface area contributed by atoms with Crippen LogP contribution >= 0.6 is 0 Å². The Morgan fingerprint density at radius 1 is 1.36 bits per heavy atom. The molecule has 0 radical (unpaired) electrons. The SMILES string of the molecule is CC(C)c1ccc(C(=O)NCC(C)(O)c2cnn(C)c2)cc1. The number of amides is 1. The van der Waals surface area contributed by atoms with Crippen LogP contribution in [0.15, 0.2) is 36.7 Å². The van der Waals surface area contributed by atoms with Crippen molar-refractivity contribution in [3.8, 4) is 0 Å². The summed E-state index contributed by atoms with van der Waals surface area (Å²) in [5.41, 5.74) is 1.30. The van der Waals surface area contributed by atoms with E-state index in [-0.39, 0.29) is 12.5 Å². The summed E-state index contributed by atoms with van der Waals surface area (Å²) in [5.74, 6) is 0.239. The molecule has 0 aliphatic carbocycles. The van der Waals surface area contributed by atoms with E-state index in [4.69, 9.17) is 0 Å². The van der Waals surface area contributed by atoms with Crippen LogP contribution in [0.3, 0.4) is 0 Å². The molecule has 1 heterocycles. The minimum absolute atomic E-state index is 0.128. The number of hydrogen-bond acceptors (Lipinski definition) is 3. The number of aromatic nitrogens is 2. The summed E-state index contributed by atoms with van der Waals surface area (Å²) in [6.07, 6.45) is 3.34. The molecule has 1 atom stereocenters. The van der Waals surface area contributed by atoms with Gasteiger partial charge >= 0.3 is 0 Å². The number of benzene rings is 1. The second-order valence-electron chi connectivity index (χ2n) is 6.14. The van der Waals surface area contributed by atoms with Crippen molar-refractivity contribution in [1.82, 2.24) is 15.1 Å². The van der Waals surface area contributed by atoms with Gasteiger partial charge in [-0.25, -0.2) is 0 Å². The number of nitrogens with one attached hydrogen (secondary N) is 1. The fraction of sp³-hybridized carbons (Fsp3) is 0.412. The molecule has 0 aliphatic heterocycles. The first kappa shape index (κ1) is 16.2. The summed E-state index contributed by atoms with van der Waals surface area (Å²) in [6, 6.07) is 7.53. The van der Waals surface area contributed by atoms with Gasteiger partial charge in [0.05, 0.1) is 12.7 Å². The van der Waals surface area contributed by atoms with Crippen molar-refractivity contribution in [2.24, 2.45) is 7.05 Å². The molecule has 22 heavy (non-hydrogen) atoms. The number of aliphatic hydroxyl groups is 1. The molecule has 2 N–H and O–H groups in total. The first-order valence-corrected chi connectivity index (χ1v) is 7.39. The Bertz CT molecular complexity index is 642. The van der Waals surface area contributed by atoms with E-state index in [0.717, 1.165) is 0 Å². The summed E-state index contributed by atoms with van der Waals surface area (Å²) >= 11 is 0. The summed E-state index contributed by atoms with van der Waals surface area (Å²) < 4.78 is 1.62. The van der Waals surface area contributed by atoms with Crippen molar-refractivity contribution in [3.63, 3.8) is 0 Å². The minimum atomic E-state index is -1.15. The average molecular weight is 301 g/mol. The Balaban J connectivity index is 2.00. The third-order valence-electron chi connectivity index (χ3n) is 3.76. The number of rotatable bonds is 5. The molecule has 5 heteroatoms. The second-order valence-corrected chi connectivity index (χ2v) is 6.14. The Kier molecular flexibility index (Phi) is 4.66. The molecule has 1 unspecified atom stereocenters. The Hall–Kier alpha value is -2.14. The highest BCUT2D eigenvalue weighted by Gasteiger charge is 2.25. The lowest BCUT2D eigenvalue weighted by atomic mass is 9.99. The molecule has 2 aromatic rings. The molecule has 0 saturated carbocycles. The molecule has 1 amide bonds. The van der Waals surface area contributed by atoms with E-state index in [2.05, 4.69) is 24.3 Å². The van der Waals surface area contributed by atoms with Gasteiger partial charge in [0.2, 0.25) is 0 Å². The third-order valence-corrected chi connectivity index (χ3v) is 3.76. The van der Waals surface area contributed by atoms with E-state index in [1.54, 1.807) is 31.0 Å². The fourth-order valence-corrected chi connectivity index (χ4v) is 2.18. The van der Waals surface area contributed by atoms with Gasteiger partial charge in [-0.3, -0.25) is 9.48 Å². The number of nitrogens with zero attached hydrogens (tertiary/aromatic N) is 2. The largest absolute Gasteiger partial charge is 0.383 e. The second kappa shape index (κ2) is 6.32. The summed E-state index contributed by atoms with van der Waals surface area (Å²) in [4.78, 5) is 12.2. The smallest absolute Gasteiger partial charge is 0.251 e. The van der Waals surface area contributed by atoms with Crippen molar-refractivity contribution >= 4 is 5.91 Å². The number of carbonyl (C=O) groups is 1. The molecule has 1 aromatic carbocycles. The highest BCUT2D eigenvalue weighted by Crippen LogP contribution is 2.19. The van der Waals surface area contributed by atoms with Gasteiger partial charge in [-0.1, -0.05) is 26.0 Å². The predicted octanol–water partition coefficient (Wildman–Crippen LogP) is 2.18. The van der Waals surface area contributed by atoms with Crippen LogP contribution < -0.4 is 5.32 Å². The molecule has 1 aromatic heterocycles.